The third-order valence-corrected chi connectivity index (χ3v) is 3.61. The van der Waals surface area contributed by atoms with Crippen molar-refractivity contribution in [2.24, 2.45) is 5.11 Å². The highest BCUT2D eigenvalue weighted by molar-refractivity contribution is 5.80. The maximum Gasteiger partial charge on any atom is 0.326 e. The van der Waals surface area contributed by atoms with Gasteiger partial charge in [-0.1, -0.05) is 37.2 Å². The average Bonchev–Trinajstić information content (AvgIpc) is 2.37. The predicted molar refractivity (Wildman–Crippen MR) is 73.7 cm³/mol. The number of hydrogen-bond donors (Lipinski definition) is 1. The van der Waals surface area contributed by atoms with Gasteiger partial charge in [-0.2, -0.15) is 0 Å². The molecule has 1 saturated carbocycles. The summed E-state index contributed by atoms with van der Waals surface area (Å²) >= 11 is 0. The molecule has 0 bridgehead atoms. The molecule has 1 aliphatic carbocycles. The Balaban J connectivity index is 2.68. The number of esters is 1. The van der Waals surface area contributed by atoms with Gasteiger partial charge in [-0.05, 0) is 25.3 Å². The minimum atomic E-state index is -0.582. The van der Waals surface area contributed by atoms with Crippen molar-refractivity contribution in [2.45, 2.75) is 57.4 Å². The van der Waals surface area contributed by atoms with Crippen LogP contribution in [0.25, 0.3) is 10.4 Å². The molecular formula is C13H24N4O2. The summed E-state index contributed by atoms with van der Waals surface area (Å²) in [6, 6.07) is 0. The molecule has 0 aromatic heterocycles. The van der Waals surface area contributed by atoms with Gasteiger partial charge >= 0.3 is 5.97 Å². The van der Waals surface area contributed by atoms with Gasteiger partial charge in [-0.15, -0.1) is 0 Å². The van der Waals surface area contributed by atoms with E-state index in [1.54, 1.807) is 0 Å². The van der Waals surface area contributed by atoms with Crippen LogP contribution in [0.3, 0.4) is 0 Å². The van der Waals surface area contributed by atoms with Crippen molar-refractivity contribution < 1.29 is 9.53 Å². The lowest BCUT2D eigenvalue weighted by molar-refractivity contribution is -0.152. The molecule has 6 heteroatoms. The second-order valence-corrected chi connectivity index (χ2v) is 4.95. The lowest BCUT2D eigenvalue weighted by atomic mass is 9.84. The Labute approximate surface area is 114 Å². The summed E-state index contributed by atoms with van der Waals surface area (Å²) in [5.41, 5.74) is 7.70. The van der Waals surface area contributed by atoms with E-state index in [0.29, 0.717) is 19.7 Å². The van der Waals surface area contributed by atoms with Crippen LogP contribution in [0.5, 0.6) is 0 Å². The number of nitrogens with one attached hydrogen (secondary N) is 1. The van der Waals surface area contributed by atoms with Crippen LogP contribution in [0.4, 0.5) is 0 Å². The highest BCUT2D eigenvalue weighted by Crippen LogP contribution is 2.27. The number of hydrogen-bond acceptors (Lipinski definition) is 4. The maximum absolute atomic E-state index is 12.3. The molecule has 0 saturated heterocycles. The summed E-state index contributed by atoms with van der Waals surface area (Å²) in [7, 11) is 0. The summed E-state index contributed by atoms with van der Waals surface area (Å²) < 4.78 is 5.23. The lowest BCUT2D eigenvalue weighted by Crippen LogP contribution is -2.54. The van der Waals surface area contributed by atoms with Gasteiger partial charge in [0.15, 0.2) is 0 Å². The Morgan fingerprint density at radius 3 is 2.53 bits per heavy atom. The van der Waals surface area contributed by atoms with Gasteiger partial charge in [-0.25, -0.2) is 0 Å². The van der Waals surface area contributed by atoms with E-state index in [2.05, 4.69) is 15.3 Å². The van der Waals surface area contributed by atoms with Crippen LogP contribution in [-0.4, -0.2) is 31.2 Å². The van der Waals surface area contributed by atoms with Gasteiger partial charge in [0.1, 0.15) is 5.54 Å². The third-order valence-electron chi connectivity index (χ3n) is 3.61. The molecule has 108 valence electrons. The van der Waals surface area contributed by atoms with Crippen molar-refractivity contribution in [1.29, 1.82) is 0 Å². The summed E-state index contributed by atoms with van der Waals surface area (Å²) in [6.07, 6.45) is 7.26. The molecule has 0 amide bonds. The van der Waals surface area contributed by atoms with Crippen LogP contribution in [-0.2, 0) is 9.53 Å². The zero-order chi connectivity index (χ0) is 14.0. The summed E-state index contributed by atoms with van der Waals surface area (Å²) in [5.74, 6) is -0.155. The molecule has 0 aromatic carbocycles. The van der Waals surface area contributed by atoms with Crippen molar-refractivity contribution in [1.82, 2.24) is 5.32 Å². The molecule has 1 rings (SSSR count). The molecule has 0 spiro atoms. The van der Waals surface area contributed by atoms with E-state index in [1.807, 2.05) is 6.92 Å². The predicted octanol–water partition coefficient (Wildman–Crippen LogP) is 2.93. The second kappa shape index (κ2) is 8.77. The maximum atomic E-state index is 12.3. The second-order valence-electron chi connectivity index (χ2n) is 4.95. The van der Waals surface area contributed by atoms with E-state index < -0.39 is 5.54 Å². The topological polar surface area (TPSA) is 87.1 Å². The SMILES string of the molecule is CCOC(=O)C1(NCCN=[N+]=[N-])CCCCCCC1. The molecular weight excluding hydrogens is 244 g/mol. The Hall–Kier alpha value is -1.26. The van der Waals surface area contributed by atoms with Crippen LogP contribution >= 0.6 is 0 Å². The van der Waals surface area contributed by atoms with E-state index in [0.717, 1.165) is 25.7 Å². The Kier molecular flexibility index (Phi) is 7.30. The Morgan fingerprint density at radius 1 is 1.32 bits per heavy atom. The van der Waals surface area contributed by atoms with Gasteiger partial charge in [0.05, 0.1) is 6.61 Å². The first-order valence-electron chi connectivity index (χ1n) is 7.18. The molecule has 0 aromatic rings. The quantitative estimate of drug-likeness (QED) is 0.264. The Morgan fingerprint density at radius 2 is 1.95 bits per heavy atom. The minimum absolute atomic E-state index is 0.155. The number of azide groups is 1. The molecule has 1 aliphatic rings. The largest absolute Gasteiger partial charge is 0.465 e. The summed E-state index contributed by atoms with van der Waals surface area (Å²) in [4.78, 5) is 15.0. The first kappa shape index (κ1) is 15.8. The molecule has 1 fully saturated rings. The van der Waals surface area contributed by atoms with Crippen molar-refractivity contribution in [3.63, 3.8) is 0 Å². The minimum Gasteiger partial charge on any atom is -0.465 e. The summed E-state index contributed by atoms with van der Waals surface area (Å²) in [5, 5.41) is 6.78. The highest BCUT2D eigenvalue weighted by atomic mass is 16.5. The zero-order valence-electron chi connectivity index (χ0n) is 11.7. The number of carbonyl (C=O) groups is 1. The smallest absolute Gasteiger partial charge is 0.326 e. The number of carbonyl (C=O) groups excluding carboxylic acids is 1. The Bertz CT molecular complexity index is 319. The first-order chi connectivity index (χ1) is 9.25. The first-order valence-corrected chi connectivity index (χ1v) is 7.18. The zero-order valence-corrected chi connectivity index (χ0v) is 11.7. The molecule has 0 aliphatic heterocycles. The normalized spacial score (nSPS) is 18.8. The standard InChI is InChI=1S/C13H24N4O2/c1-2-19-12(18)13(15-10-11-16-17-14)8-6-4-3-5-7-9-13/h15H,2-11H2,1H3. The van der Waals surface area contributed by atoms with Crippen LogP contribution in [0.2, 0.25) is 0 Å². The molecule has 0 heterocycles. The molecule has 0 atom stereocenters. The number of nitrogens with zero attached hydrogens (tertiary/aromatic N) is 3. The summed E-state index contributed by atoms with van der Waals surface area (Å²) in [6.45, 7) is 3.10. The van der Waals surface area contributed by atoms with Crippen molar-refractivity contribution in [2.75, 3.05) is 19.7 Å². The van der Waals surface area contributed by atoms with Gasteiger partial charge in [0, 0.05) is 18.0 Å². The van der Waals surface area contributed by atoms with Crippen LogP contribution in [0, 0.1) is 0 Å². The van der Waals surface area contributed by atoms with Gasteiger partial charge in [0.25, 0.3) is 0 Å². The van der Waals surface area contributed by atoms with Crippen LogP contribution < -0.4 is 5.32 Å². The van der Waals surface area contributed by atoms with Crippen molar-refractivity contribution in [3.8, 4) is 0 Å². The van der Waals surface area contributed by atoms with E-state index in [1.165, 1.54) is 19.3 Å². The fourth-order valence-corrected chi connectivity index (χ4v) is 2.62. The highest BCUT2D eigenvalue weighted by Gasteiger charge is 2.38. The van der Waals surface area contributed by atoms with Crippen molar-refractivity contribution in [3.05, 3.63) is 10.4 Å². The van der Waals surface area contributed by atoms with E-state index in [4.69, 9.17) is 10.3 Å². The van der Waals surface area contributed by atoms with E-state index >= 15 is 0 Å². The monoisotopic (exact) mass is 268 g/mol. The molecule has 0 radical (unpaired) electrons. The third kappa shape index (κ3) is 5.09. The molecule has 0 unspecified atom stereocenters. The van der Waals surface area contributed by atoms with E-state index in [-0.39, 0.29) is 5.97 Å². The van der Waals surface area contributed by atoms with Crippen LogP contribution in [0.15, 0.2) is 5.11 Å². The van der Waals surface area contributed by atoms with Crippen molar-refractivity contribution >= 4 is 5.97 Å². The average molecular weight is 268 g/mol. The number of rotatable bonds is 6. The number of ether oxygens (including phenoxy) is 1. The fourth-order valence-electron chi connectivity index (χ4n) is 2.62. The fraction of sp³-hybridized carbons (Fsp3) is 0.923. The molecule has 19 heavy (non-hydrogen) atoms. The van der Waals surface area contributed by atoms with Gasteiger partial charge in [0.2, 0.25) is 0 Å². The van der Waals surface area contributed by atoms with Crippen LogP contribution in [0.1, 0.15) is 51.9 Å². The van der Waals surface area contributed by atoms with E-state index in [9.17, 15) is 4.79 Å². The van der Waals surface area contributed by atoms with Gasteiger partial charge < -0.3 is 10.1 Å². The lowest BCUT2D eigenvalue weighted by Gasteiger charge is -2.34. The van der Waals surface area contributed by atoms with Gasteiger partial charge in [-0.3, -0.25) is 4.79 Å². The molecule has 6 nitrogen and oxygen atoms in total. The molecule has 1 N–H and O–H groups in total.